The fraction of sp³-hybridized carbons (Fsp3) is 0.562. The molecule has 21 heavy (non-hydrogen) atoms. The maximum atomic E-state index is 11.5. The molecule has 0 aliphatic carbocycles. The second kappa shape index (κ2) is 10.3. The summed E-state index contributed by atoms with van der Waals surface area (Å²) < 4.78 is 5.99. The first kappa shape index (κ1) is 18.6. The van der Waals surface area contributed by atoms with Gasteiger partial charge in [0.1, 0.15) is 6.29 Å². The SMILES string of the molecule is C=CC[C@H](C/C=C/PC)C1=[PH](OCC)C(C=O)[C@H](C)N=C1. The lowest BCUT2D eigenvalue weighted by Gasteiger charge is -2.29. The van der Waals surface area contributed by atoms with E-state index < -0.39 is 7.77 Å². The summed E-state index contributed by atoms with van der Waals surface area (Å²) in [6.45, 7) is 10.7. The van der Waals surface area contributed by atoms with Crippen molar-refractivity contribution < 1.29 is 9.32 Å². The zero-order valence-electron chi connectivity index (χ0n) is 13.2. The molecule has 0 spiro atoms. The van der Waals surface area contributed by atoms with Crippen molar-refractivity contribution in [1.82, 2.24) is 0 Å². The van der Waals surface area contributed by atoms with Crippen LogP contribution in [-0.4, -0.2) is 42.8 Å². The van der Waals surface area contributed by atoms with Crippen LogP contribution in [0.5, 0.6) is 0 Å². The molecule has 0 N–H and O–H groups in total. The molecule has 0 aromatic carbocycles. The second-order valence-electron chi connectivity index (χ2n) is 5.08. The molecular formula is C16H27NO2P2. The maximum absolute atomic E-state index is 11.5. The molecule has 0 aromatic rings. The number of carbonyl (C=O) groups excluding carboxylic acids is 1. The number of hydrogen-bond donors (Lipinski definition) is 0. The van der Waals surface area contributed by atoms with Gasteiger partial charge in [-0.3, -0.25) is 4.99 Å². The van der Waals surface area contributed by atoms with E-state index in [0.29, 0.717) is 12.5 Å². The Hall–Kier alpha value is -0.490. The molecule has 0 saturated heterocycles. The number of aliphatic imine (C=N–C) groups is 1. The lowest BCUT2D eigenvalue weighted by molar-refractivity contribution is -0.107. The average Bonchev–Trinajstić information content (AvgIpc) is 2.48. The van der Waals surface area contributed by atoms with Gasteiger partial charge in [-0.25, -0.2) is 0 Å². The Bertz CT molecular complexity index is 444. The van der Waals surface area contributed by atoms with Crippen LogP contribution in [0.15, 0.2) is 29.5 Å². The maximum Gasteiger partial charge on any atom is 0.131 e. The first-order valence-corrected chi connectivity index (χ1v) is 10.5. The van der Waals surface area contributed by atoms with Crippen LogP contribution < -0.4 is 0 Å². The lowest BCUT2D eigenvalue weighted by Crippen LogP contribution is -2.30. The van der Waals surface area contributed by atoms with Crippen molar-refractivity contribution in [3.63, 3.8) is 0 Å². The highest BCUT2D eigenvalue weighted by atomic mass is 31.1. The van der Waals surface area contributed by atoms with Crippen molar-refractivity contribution in [2.24, 2.45) is 10.9 Å². The topological polar surface area (TPSA) is 38.7 Å². The molecule has 1 aliphatic rings. The number of hydrogen-bond acceptors (Lipinski definition) is 3. The van der Waals surface area contributed by atoms with Gasteiger partial charge in [0, 0.05) is 20.6 Å². The van der Waals surface area contributed by atoms with Gasteiger partial charge in [-0.2, -0.15) is 0 Å². The van der Waals surface area contributed by atoms with E-state index in [1.807, 2.05) is 26.1 Å². The molecule has 1 heterocycles. The standard InChI is InChI=1S/C16H27NO2P2/c1-5-8-14(9-7-10-20-4)15-11-17-13(3)16(12-18)21(15)19-6-2/h5,7,10-14,16,20-21H,1,6,8-9H2,2-4H3/b10-7+/t13-,14+,16?/m0/s1. The smallest absolute Gasteiger partial charge is 0.131 e. The quantitative estimate of drug-likeness (QED) is 0.367. The molecule has 0 fully saturated rings. The molecule has 0 radical (unpaired) electrons. The molecule has 3 nitrogen and oxygen atoms in total. The highest BCUT2D eigenvalue weighted by molar-refractivity contribution is 7.58. The molecular weight excluding hydrogens is 300 g/mol. The van der Waals surface area contributed by atoms with Crippen molar-refractivity contribution in [3.05, 3.63) is 24.5 Å². The van der Waals surface area contributed by atoms with Crippen molar-refractivity contribution in [2.75, 3.05) is 13.3 Å². The van der Waals surface area contributed by atoms with Gasteiger partial charge in [-0.15, -0.1) is 15.2 Å². The van der Waals surface area contributed by atoms with Crippen LogP contribution in [-0.2, 0) is 9.32 Å². The fourth-order valence-electron chi connectivity index (χ4n) is 2.48. The van der Waals surface area contributed by atoms with Gasteiger partial charge >= 0.3 is 0 Å². The Kier molecular flexibility index (Phi) is 9.08. The Morgan fingerprint density at radius 2 is 2.33 bits per heavy atom. The Morgan fingerprint density at radius 1 is 1.57 bits per heavy atom. The predicted molar refractivity (Wildman–Crippen MR) is 99.1 cm³/mol. The number of allylic oxidation sites excluding steroid dienone is 2. The Labute approximate surface area is 131 Å². The minimum atomic E-state index is -1.31. The highest BCUT2D eigenvalue weighted by Crippen LogP contribution is 2.40. The fourth-order valence-corrected chi connectivity index (χ4v) is 5.40. The van der Waals surface area contributed by atoms with Crippen LogP contribution in [0.1, 0.15) is 26.7 Å². The molecule has 5 atom stereocenters. The van der Waals surface area contributed by atoms with Gasteiger partial charge in [0.2, 0.25) is 0 Å². The van der Waals surface area contributed by atoms with E-state index >= 15 is 0 Å². The normalized spacial score (nSPS) is 27.6. The van der Waals surface area contributed by atoms with Crippen molar-refractivity contribution in [2.45, 2.75) is 38.4 Å². The zero-order valence-corrected chi connectivity index (χ0v) is 15.2. The first-order chi connectivity index (χ1) is 10.2. The molecule has 1 aliphatic heterocycles. The summed E-state index contributed by atoms with van der Waals surface area (Å²) in [5.41, 5.74) is -0.0840. The second-order valence-corrected chi connectivity index (χ2v) is 8.25. The number of carbonyl (C=O) groups is 1. The predicted octanol–water partition coefficient (Wildman–Crippen LogP) is 3.77. The summed E-state index contributed by atoms with van der Waals surface area (Å²) in [6, 6.07) is 0.0312. The molecule has 0 amide bonds. The van der Waals surface area contributed by atoms with E-state index in [2.05, 4.69) is 30.1 Å². The molecule has 5 heteroatoms. The van der Waals surface area contributed by atoms with Crippen LogP contribution in [0.25, 0.3) is 0 Å². The minimum absolute atomic E-state index is 0.0312. The van der Waals surface area contributed by atoms with Gasteiger partial charge in [-0.05, 0) is 44.6 Å². The van der Waals surface area contributed by atoms with E-state index in [4.69, 9.17) is 4.52 Å². The number of rotatable bonds is 9. The van der Waals surface area contributed by atoms with Gasteiger partial charge in [0.15, 0.2) is 0 Å². The largest absolute Gasteiger partial charge is 0.364 e. The molecule has 118 valence electrons. The van der Waals surface area contributed by atoms with Crippen molar-refractivity contribution in [1.29, 1.82) is 0 Å². The first-order valence-electron chi connectivity index (χ1n) is 7.48. The molecule has 0 saturated carbocycles. The summed E-state index contributed by atoms with van der Waals surface area (Å²) in [4.78, 5) is 16.0. The summed E-state index contributed by atoms with van der Waals surface area (Å²) in [5.74, 6) is 2.57. The van der Waals surface area contributed by atoms with Crippen LogP contribution in [0.4, 0.5) is 0 Å². The zero-order chi connectivity index (χ0) is 15.7. The Balaban J connectivity index is 3.11. The van der Waals surface area contributed by atoms with E-state index in [1.54, 1.807) is 0 Å². The molecule has 1 rings (SSSR count). The Morgan fingerprint density at radius 3 is 2.90 bits per heavy atom. The highest BCUT2D eigenvalue weighted by Gasteiger charge is 2.28. The average molecular weight is 327 g/mol. The van der Waals surface area contributed by atoms with Crippen molar-refractivity contribution in [3.8, 4) is 0 Å². The van der Waals surface area contributed by atoms with Crippen LogP contribution in [0.2, 0.25) is 0 Å². The van der Waals surface area contributed by atoms with Gasteiger partial charge < -0.3 is 9.32 Å². The van der Waals surface area contributed by atoms with Gasteiger partial charge in [-0.1, -0.05) is 18.0 Å². The molecule has 0 aromatic heterocycles. The van der Waals surface area contributed by atoms with Gasteiger partial charge in [0.25, 0.3) is 0 Å². The summed E-state index contributed by atoms with van der Waals surface area (Å²) in [6.07, 6.45) is 9.07. The number of nitrogens with zero attached hydrogens (tertiary/aromatic N) is 1. The van der Waals surface area contributed by atoms with Crippen LogP contribution in [0, 0.1) is 5.92 Å². The summed E-state index contributed by atoms with van der Waals surface area (Å²) >= 11 is 0. The van der Waals surface area contributed by atoms with Gasteiger partial charge in [0.05, 0.1) is 11.7 Å². The summed E-state index contributed by atoms with van der Waals surface area (Å²) in [7, 11) is -0.487. The van der Waals surface area contributed by atoms with E-state index in [0.717, 1.165) is 27.7 Å². The van der Waals surface area contributed by atoms with Crippen LogP contribution >= 0.6 is 16.4 Å². The van der Waals surface area contributed by atoms with E-state index in [1.165, 1.54) is 5.29 Å². The third-order valence-corrected chi connectivity index (χ3v) is 7.10. The molecule has 0 bridgehead atoms. The third kappa shape index (κ3) is 5.33. The van der Waals surface area contributed by atoms with Crippen LogP contribution in [0.3, 0.4) is 0 Å². The number of aldehydes is 1. The van der Waals surface area contributed by atoms with E-state index in [-0.39, 0.29) is 11.7 Å². The molecule has 3 unspecified atom stereocenters. The van der Waals surface area contributed by atoms with E-state index in [9.17, 15) is 4.79 Å². The third-order valence-electron chi connectivity index (χ3n) is 3.60. The minimum Gasteiger partial charge on any atom is -0.364 e. The van der Waals surface area contributed by atoms with Crippen molar-refractivity contribution >= 4 is 34.1 Å². The lowest BCUT2D eigenvalue weighted by atomic mass is 9.98. The summed E-state index contributed by atoms with van der Waals surface area (Å²) in [5, 5.41) is 1.24. The monoisotopic (exact) mass is 327 g/mol.